The first-order valence-corrected chi connectivity index (χ1v) is 2.83. The average molecular weight is 138 g/mol. The van der Waals surface area contributed by atoms with Crippen molar-refractivity contribution in [3.8, 4) is 5.95 Å². The van der Waals surface area contributed by atoms with Crippen LogP contribution in [0, 0.1) is 0 Å². The second-order valence-electron chi connectivity index (χ2n) is 2.01. The highest BCUT2D eigenvalue weighted by atomic mass is 16.5. The Bertz CT molecular complexity index is 361. The standard InChI is InChI=1S/C6H6N2O2/c7-5-6(9)10-4-2-1-3-8(4)5/h1-3,9H,7H2. The third-order valence-corrected chi connectivity index (χ3v) is 1.39. The van der Waals surface area contributed by atoms with Crippen LogP contribution in [0.1, 0.15) is 0 Å². The van der Waals surface area contributed by atoms with Crippen LogP contribution in [0.4, 0.5) is 5.82 Å². The van der Waals surface area contributed by atoms with Crippen molar-refractivity contribution in [1.82, 2.24) is 4.40 Å². The van der Waals surface area contributed by atoms with Gasteiger partial charge in [0.05, 0.1) is 0 Å². The van der Waals surface area contributed by atoms with Gasteiger partial charge in [-0.05, 0) is 6.07 Å². The lowest BCUT2D eigenvalue weighted by molar-refractivity contribution is 0.349. The summed E-state index contributed by atoms with van der Waals surface area (Å²) in [4.78, 5) is 0. The Morgan fingerprint density at radius 3 is 3.10 bits per heavy atom. The summed E-state index contributed by atoms with van der Waals surface area (Å²) in [5.41, 5.74) is 5.95. The number of hydrogen-bond acceptors (Lipinski definition) is 3. The van der Waals surface area contributed by atoms with Gasteiger partial charge in [-0.15, -0.1) is 0 Å². The summed E-state index contributed by atoms with van der Waals surface area (Å²) in [6, 6.07) is 3.50. The Morgan fingerprint density at radius 1 is 1.60 bits per heavy atom. The number of anilines is 1. The van der Waals surface area contributed by atoms with Gasteiger partial charge in [0, 0.05) is 12.3 Å². The fourth-order valence-corrected chi connectivity index (χ4v) is 0.902. The van der Waals surface area contributed by atoms with Gasteiger partial charge >= 0.3 is 5.95 Å². The van der Waals surface area contributed by atoms with Crippen molar-refractivity contribution in [1.29, 1.82) is 0 Å². The van der Waals surface area contributed by atoms with Crippen molar-refractivity contribution in [2.45, 2.75) is 0 Å². The minimum atomic E-state index is -0.226. The molecule has 2 heterocycles. The molecule has 4 nitrogen and oxygen atoms in total. The Labute approximate surface area is 56.5 Å². The van der Waals surface area contributed by atoms with Gasteiger partial charge in [0.25, 0.3) is 0 Å². The number of fused-ring (bicyclic) bond motifs is 1. The molecule has 2 rings (SSSR count). The van der Waals surface area contributed by atoms with Crippen LogP contribution in [-0.4, -0.2) is 9.51 Å². The van der Waals surface area contributed by atoms with Crippen molar-refractivity contribution in [3.05, 3.63) is 18.3 Å². The van der Waals surface area contributed by atoms with E-state index in [0.717, 1.165) is 0 Å². The fraction of sp³-hybridized carbons (Fsp3) is 0. The van der Waals surface area contributed by atoms with Crippen LogP contribution in [0.15, 0.2) is 22.7 Å². The largest absolute Gasteiger partial charge is 0.478 e. The summed E-state index contributed by atoms with van der Waals surface area (Å²) < 4.78 is 6.40. The summed E-state index contributed by atoms with van der Waals surface area (Å²) in [7, 11) is 0. The lowest BCUT2D eigenvalue weighted by Gasteiger charge is -1.84. The maximum absolute atomic E-state index is 8.92. The van der Waals surface area contributed by atoms with Crippen LogP contribution in [0.5, 0.6) is 5.95 Å². The van der Waals surface area contributed by atoms with E-state index in [2.05, 4.69) is 0 Å². The number of hydrogen-bond donors (Lipinski definition) is 2. The van der Waals surface area contributed by atoms with Crippen molar-refractivity contribution in [3.63, 3.8) is 0 Å². The molecule has 0 fully saturated rings. The smallest absolute Gasteiger partial charge is 0.326 e. The van der Waals surface area contributed by atoms with Crippen LogP contribution in [0.3, 0.4) is 0 Å². The Balaban J connectivity index is 2.95. The molecular weight excluding hydrogens is 132 g/mol. The molecule has 0 aliphatic heterocycles. The lowest BCUT2D eigenvalue weighted by Crippen LogP contribution is -1.88. The van der Waals surface area contributed by atoms with Crippen molar-refractivity contribution in [2.24, 2.45) is 0 Å². The quantitative estimate of drug-likeness (QED) is 0.566. The first-order valence-electron chi connectivity index (χ1n) is 2.83. The maximum Gasteiger partial charge on any atom is 0.326 e. The fourth-order valence-electron chi connectivity index (χ4n) is 0.902. The van der Waals surface area contributed by atoms with Crippen LogP contribution in [-0.2, 0) is 0 Å². The van der Waals surface area contributed by atoms with Crippen molar-refractivity contribution >= 4 is 11.5 Å². The zero-order chi connectivity index (χ0) is 7.14. The van der Waals surface area contributed by atoms with Crippen molar-refractivity contribution < 1.29 is 9.52 Å². The number of aromatic nitrogens is 1. The van der Waals surface area contributed by atoms with E-state index in [4.69, 9.17) is 15.3 Å². The van der Waals surface area contributed by atoms with Gasteiger partial charge in [-0.3, -0.25) is 4.40 Å². The van der Waals surface area contributed by atoms with E-state index in [1.165, 1.54) is 0 Å². The summed E-state index contributed by atoms with van der Waals surface area (Å²) in [6.07, 6.45) is 1.72. The Kier molecular flexibility index (Phi) is 0.768. The predicted octanol–water partition coefficient (Wildman–Crippen LogP) is 0.820. The SMILES string of the molecule is Nc1c(O)oc2cccn12. The van der Waals surface area contributed by atoms with Crippen LogP contribution in [0.2, 0.25) is 0 Å². The third-order valence-electron chi connectivity index (χ3n) is 1.39. The number of oxazole rings is 1. The Morgan fingerprint density at radius 2 is 2.40 bits per heavy atom. The van der Waals surface area contributed by atoms with Gasteiger partial charge in [-0.25, -0.2) is 0 Å². The van der Waals surface area contributed by atoms with Gasteiger partial charge < -0.3 is 15.3 Å². The van der Waals surface area contributed by atoms with Gasteiger partial charge in [0.2, 0.25) is 5.71 Å². The first kappa shape index (κ1) is 5.22. The van der Waals surface area contributed by atoms with E-state index in [1.54, 1.807) is 22.7 Å². The molecule has 2 aromatic rings. The molecule has 0 aromatic carbocycles. The molecule has 0 aliphatic rings. The van der Waals surface area contributed by atoms with E-state index in [-0.39, 0.29) is 11.8 Å². The van der Waals surface area contributed by atoms with Gasteiger partial charge in [-0.2, -0.15) is 0 Å². The molecule has 0 atom stereocenters. The normalized spacial score (nSPS) is 10.8. The molecule has 4 heteroatoms. The average Bonchev–Trinajstić information content (AvgIpc) is 2.41. The molecule has 10 heavy (non-hydrogen) atoms. The summed E-state index contributed by atoms with van der Waals surface area (Å²) >= 11 is 0. The molecule has 0 bridgehead atoms. The molecule has 0 saturated heterocycles. The van der Waals surface area contributed by atoms with E-state index >= 15 is 0 Å². The molecule has 2 aromatic heterocycles. The molecule has 0 aliphatic carbocycles. The zero-order valence-electron chi connectivity index (χ0n) is 5.11. The highest BCUT2D eigenvalue weighted by Gasteiger charge is 2.06. The van der Waals surface area contributed by atoms with E-state index in [1.807, 2.05) is 0 Å². The van der Waals surface area contributed by atoms with Crippen molar-refractivity contribution in [2.75, 3.05) is 5.73 Å². The van der Waals surface area contributed by atoms with Gasteiger partial charge in [0.15, 0.2) is 5.82 Å². The number of nitrogen functional groups attached to an aromatic ring is 1. The molecule has 0 unspecified atom stereocenters. The number of rotatable bonds is 0. The third kappa shape index (κ3) is 0.452. The topological polar surface area (TPSA) is 63.8 Å². The molecule has 0 saturated carbocycles. The first-order chi connectivity index (χ1) is 4.79. The lowest BCUT2D eigenvalue weighted by atomic mass is 10.7. The molecule has 0 spiro atoms. The summed E-state index contributed by atoms with van der Waals surface area (Å²) in [5.74, 6) is 0.00981. The minimum Gasteiger partial charge on any atom is -0.478 e. The zero-order valence-corrected chi connectivity index (χ0v) is 5.11. The summed E-state index contributed by atoms with van der Waals surface area (Å²) in [5, 5.41) is 8.92. The highest BCUT2D eigenvalue weighted by molar-refractivity contribution is 5.51. The molecule has 0 radical (unpaired) electrons. The van der Waals surface area contributed by atoms with Gasteiger partial charge in [-0.1, -0.05) is 0 Å². The number of nitrogens with two attached hydrogens (primary N) is 1. The predicted molar refractivity (Wildman–Crippen MR) is 35.7 cm³/mol. The molecule has 52 valence electrons. The Hall–Kier alpha value is -1.58. The monoisotopic (exact) mass is 138 g/mol. The van der Waals surface area contributed by atoms with E-state index < -0.39 is 0 Å². The number of aromatic hydroxyl groups is 1. The molecule has 0 amide bonds. The minimum absolute atomic E-state index is 0.226. The van der Waals surface area contributed by atoms with E-state index in [0.29, 0.717) is 5.71 Å². The van der Waals surface area contributed by atoms with Crippen LogP contribution >= 0.6 is 0 Å². The van der Waals surface area contributed by atoms with Gasteiger partial charge in [0.1, 0.15) is 0 Å². The molecule has 3 N–H and O–H groups in total. The maximum atomic E-state index is 8.92. The second-order valence-corrected chi connectivity index (χ2v) is 2.01. The highest BCUT2D eigenvalue weighted by Crippen LogP contribution is 2.24. The molecular formula is C6H6N2O2. The van der Waals surface area contributed by atoms with Crippen LogP contribution in [0.25, 0.3) is 5.71 Å². The number of nitrogens with zero attached hydrogens (tertiary/aromatic N) is 1. The summed E-state index contributed by atoms with van der Waals surface area (Å²) in [6.45, 7) is 0. The second kappa shape index (κ2) is 1.47. The van der Waals surface area contributed by atoms with E-state index in [9.17, 15) is 0 Å². The van der Waals surface area contributed by atoms with Crippen LogP contribution < -0.4 is 5.73 Å².